The molecule has 2 unspecified atom stereocenters. The van der Waals surface area contributed by atoms with Gasteiger partial charge in [-0.25, -0.2) is 0 Å². The summed E-state index contributed by atoms with van der Waals surface area (Å²) in [6.45, 7) is 7.99. The van der Waals surface area contributed by atoms with E-state index in [4.69, 9.17) is 0 Å². The summed E-state index contributed by atoms with van der Waals surface area (Å²) in [6.07, 6.45) is 12.3. The first-order chi connectivity index (χ1) is 22.1. The highest BCUT2D eigenvalue weighted by Crippen LogP contribution is 2.23. The predicted octanol–water partition coefficient (Wildman–Crippen LogP) is 6.40. The normalized spacial score (nSPS) is 12.2. The van der Waals surface area contributed by atoms with Crippen LogP contribution in [-0.2, 0) is 22.4 Å². The van der Waals surface area contributed by atoms with E-state index in [1.54, 1.807) is 31.2 Å². The Morgan fingerprint density at radius 2 is 1.07 bits per heavy atom. The Bertz CT molecular complexity index is 1280. The number of hydrazine groups is 2. The second kappa shape index (κ2) is 20.9. The van der Waals surface area contributed by atoms with Crippen molar-refractivity contribution in [2.24, 2.45) is 11.8 Å². The quantitative estimate of drug-likeness (QED) is 0.0773. The van der Waals surface area contributed by atoms with Gasteiger partial charge in [0.2, 0.25) is 11.8 Å². The Hall–Kier alpha value is -4.08. The number of carbonyl (C=O) groups excluding carboxylic acids is 4. The van der Waals surface area contributed by atoms with Crippen LogP contribution in [-0.4, -0.2) is 33.8 Å². The molecule has 4 amide bonds. The molecule has 2 rings (SSSR count). The lowest BCUT2D eigenvalue weighted by atomic mass is 9.90. The summed E-state index contributed by atoms with van der Waals surface area (Å²) in [5, 5.41) is 20.5. The molecule has 2 aromatic rings. The maximum Gasteiger partial charge on any atom is 0.273 e. The van der Waals surface area contributed by atoms with Crippen LogP contribution in [0.4, 0.5) is 0 Å². The number of rotatable bonds is 19. The van der Waals surface area contributed by atoms with E-state index in [9.17, 15) is 29.4 Å². The molecule has 0 aliphatic rings. The van der Waals surface area contributed by atoms with Gasteiger partial charge in [0.25, 0.3) is 11.8 Å². The van der Waals surface area contributed by atoms with Gasteiger partial charge in [-0.05, 0) is 73.9 Å². The number of hydrogen-bond acceptors (Lipinski definition) is 6. The number of phenolic OH excluding ortho intramolecular Hbond substituents is 2. The van der Waals surface area contributed by atoms with Gasteiger partial charge in [-0.1, -0.05) is 91.2 Å². The van der Waals surface area contributed by atoms with Crippen LogP contribution >= 0.6 is 0 Å². The highest BCUT2D eigenvalue weighted by molar-refractivity contribution is 5.99. The van der Waals surface area contributed by atoms with Crippen molar-refractivity contribution in [1.82, 2.24) is 21.7 Å². The Morgan fingerprint density at radius 3 is 1.54 bits per heavy atom. The minimum Gasteiger partial charge on any atom is -0.507 e. The van der Waals surface area contributed by atoms with Gasteiger partial charge in [0.05, 0.1) is 11.1 Å². The number of nitrogens with one attached hydrogen (secondary N) is 4. The van der Waals surface area contributed by atoms with Gasteiger partial charge in [0.1, 0.15) is 11.5 Å². The molecule has 46 heavy (non-hydrogen) atoms. The molecule has 10 heteroatoms. The third kappa shape index (κ3) is 13.1. The maximum atomic E-state index is 13.2. The number of aryl methyl sites for hydroxylation is 2. The van der Waals surface area contributed by atoms with Crippen LogP contribution in [0.15, 0.2) is 36.4 Å². The molecule has 0 bridgehead atoms. The van der Waals surface area contributed by atoms with E-state index in [-0.39, 0.29) is 29.0 Å². The maximum absolute atomic E-state index is 13.2. The fraction of sp³-hybridized carbons (Fsp3) is 0.556. The molecule has 0 spiro atoms. The largest absolute Gasteiger partial charge is 0.507 e. The molecule has 0 radical (unpaired) electrons. The summed E-state index contributed by atoms with van der Waals surface area (Å²) >= 11 is 0. The molecule has 0 fully saturated rings. The minimum atomic E-state index is -0.643. The van der Waals surface area contributed by atoms with Crippen molar-refractivity contribution in [3.8, 4) is 11.5 Å². The molecule has 2 aromatic carbocycles. The molecule has 254 valence electrons. The molecular formula is C36H54N4O6. The average molecular weight is 639 g/mol. The summed E-state index contributed by atoms with van der Waals surface area (Å²) in [5.41, 5.74) is 11.7. The molecule has 0 aliphatic heterocycles. The number of unbranched alkanes of at least 4 members (excludes halogenated alkanes) is 7. The lowest BCUT2D eigenvalue weighted by molar-refractivity contribution is -0.129. The molecule has 0 aliphatic carbocycles. The SMILES string of the molecule is CCCCCCC(CC(C)C(=O)NNC(=O)c1cc(CCCCC)ccc1O)C(=O)NNC(=O)c1cc(CCCCC)ccc1O. The molecule has 10 nitrogen and oxygen atoms in total. The molecular weight excluding hydrogens is 584 g/mol. The fourth-order valence-corrected chi connectivity index (χ4v) is 5.30. The summed E-state index contributed by atoms with van der Waals surface area (Å²) in [7, 11) is 0. The second-order valence-corrected chi connectivity index (χ2v) is 12.2. The standard InChI is InChI=1S/C36H54N4O6/c1-5-8-11-14-17-28(34(44)38-40-36(46)30-24-27(16-13-10-7-3)19-21-32(30)42)22-25(4)33(43)37-39-35(45)29-23-26(15-12-9-6-2)18-20-31(29)41/h18-21,23-25,28,41-42H,5-17,22H2,1-4H3,(H,37,43)(H,38,44)(H,39,45)(H,40,46). The number of hydrogen-bond donors (Lipinski definition) is 6. The zero-order valence-electron chi connectivity index (χ0n) is 28.0. The van der Waals surface area contributed by atoms with Crippen LogP contribution in [0.1, 0.15) is 137 Å². The predicted molar refractivity (Wildman–Crippen MR) is 180 cm³/mol. The van der Waals surface area contributed by atoms with E-state index < -0.39 is 35.5 Å². The van der Waals surface area contributed by atoms with Crippen molar-refractivity contribution in [2.45, 2.75) is 118 Å². The molecule has 0 aromatic heterocycles. The smallest absolute Gasteiger partial charge is 0.273 e. The van der Waals surface area contributed by atoms with Crippen LogP contribution in [0.3, 0.4) is 0 Å². The third-order valence-electron chi connectivity index (χ3n) is 8.21. The Kier molecular flexibility index (Phi) is 17.3. The summed E-state index contributed by atoms with van der Waals surface area (Å²) in [6, 6.07) is 9.80. The van der Waals surface area contributed by atoms with Crippen LogP contribution in [0.5, 0.6) is 11.5 Å². The summed E-state index contributed by atoms with van der Waals surface area (Å²) < 4.78 is 0. The van der Waals surface area contributed by atoms with Gasteiger partial charge in [-0.3, -0.25) is 40.9 Å². The topological polar surface area (TPSA) is 157 Å². The van der Waals surface area contributed by atoms with Crippen LogP contribution in [0, 0.1) is 11.8 Å². The zero-order chi connectivity index (χ0) is 33.9. The Balaban J connectivity index is 1.99. The van der Waals surface area contributed by atoms with Crippen molar-refractivity contribution in [2.75, 3.05) is 0 Å². The Labute approximate surface area is 274 Å². The van der Waals surface area contributed by atoms with Gasteiger partial charge in [-0.15, -0.1) is 0 Å². The number of phenols is 2. The van der Waals surface area contributed by atoms with Crippen LogP contribution < -0.4 is 21.7 Å². The van der Waals surface area contributed by atoms with E-state index in [2.05, 4.69) is 42.5 Å². The number of benzene rings is 2. The highest BCUT2D eigenvalue weighted by atomic mass is 16.3. The van der Waals surface area contributed by atoms with Crippen molar-refractivity contribution in [3.63, 3.8) is 0 Å². The van der Waals surface area contributed by atoms with E-state index in [0.717, 1.165) is 88.2 Å². The second-order valence-electron chi connectivity index (χ2n) is 12.2. The monoisotopic (exact) mass is 638 g/mol. The lowest BCUT2D eigenvalue weighted by Gasteiger charge is -2.21. The minimum absolute atomic E-state index is 0.0726. The number of aromatic hydroxyl groups is 2. The molecule has 0 saturated carbocycles. The van der Waals surface area contributed by atoms with Gasteiger partial charge in [-0.2, -0.15) is 0 Å². The third-order valence-corrected chi connectivity index (χ3v) is 8.21. The summed E-state index contributed by atoms with van der Waals surface area (Å²) in [4.78, 5) is 51.8. The Morgan fingerprint density at radius 1 is 0.609 bits per heavy atom. The van der Waals surface area contributed by atoms with Crippen molar-refractivity contribution < 1.29 is 29.4 Å². The van der Waals surface area contributed by atoms with Crippen LogP contribution in [0.25, 0.3) is 0 Å². The van der Waals surface area contributed by atoms with Crippen LogP contribution in [0.2, 0.25) is 0 Å². The average Bonchev–Trinajstić information content (AvgIpc) is 3.05. The number of amides is 4. The molecule has 6 N–H and O–H groups in total. The first-order valence-electron chi connectivity index (χ1n) is 16.9. The van der Waals surface area contributed by atoms with Gasteiger partial charge >= 0.3 is 0 Å². The molecule has 0 heterocycles. The van der Waals surface area contributed by atoms with E-state index in [1.165, 1.54) is 12.1 Å². The summed E-state index contributed by atoms with van der Waals surface area (Å²) in [5.74, 6) is -3.75. The molecule has 2 atom stereocenters. The van der Waals surface area contributed by atoms with Gasteiger partial charge in [0.15, 0.2) is 0 Å². The van der Waals surface area contributed by atoms with Gasteiger partial charge < -0.3 is 10.2 Å². The van der Waals surface area contributed by atoms with E-state index in [0.29, 0.717) is 6.42 Å². The van der Waals surface area contributed by atoms with Crippen molar-refractivity contribution >= 4 is 23.6 Å². The van der Waals surface area contributed by atoms with Gasteiger partial charge in [0, 0.05) is 11.8 Å². The lowest BCUT2D eigenvalue weighted by Crippen LogP contribution is -2.47. The highest BCUT2D eigenvalue weighted by Gasteiger charge is 2.26. The zero-order valence-corrected chi connectivity index (χ0v) is 28.0. The van der Waals surface area contributed by atoms with E-state index in [1.807, 2.05) is 0 Å². The van der Waals surface area contributed by atoms with Crippen molar-refractivity contribution in [1.29, 1.82) is 0 Å². The van der Waals surface area contributed by atoms with Crippen molar-refractivity contribution in [3.05, 3.63) is 58.7 Å². The van der Waals surface area contributed by atoms with E-state index >= 15 is 0 Å². The number of carbonyl (C=O) groups is 4. The fourth-order valence-electron chi connectivity index (χ4n) is 5.30. The molecule has 0 saturated heterocycles. The first kappa shape index (κ1) is 38.1. The first-order valence-corrected chi connectivity index (χ1v) is 16.9.